The van der Waals surface area contributed by atoms with E-state index in [0.29, 0.717) is 6.42 Å². The van der Waals surface area contributed by atoms with Crippen LogP contribution in [0.2, 0.25) is 0 Å². The Hall–Kier alpha value is -3.86. The van der Waals surface area contributed by atoms with E-state index in [2.05, 4.69) is 20.6 Å². The van der Waals surface area contributed by atoms with Gasteiger partial charge >= 0.3 is 0 Å². The smallest absolute Gasteiger partial charge is 0.228 e. The Balaban J connectivity index is 1.38. The molecule has 2 heterocycles. The summed E-state index contributed by atoms with van der Waals surface area (Å²) in [6.07, 6.45) is 5.79. The summed E-state index contributed by atoms with van der Waals surface area (Å²) in [4.78, 5) is 19.7. The van der Waals surface area contributed by atoms with Crippen molar-refractivity contribution < 1.29 is 4.79 Å². The second-order valence-corrected chi connectivity index (χ2v) is 6.90. The minimum absolute atomic E-state index is 0.0423. The predicted molar refractivity (Wildman–Crippen MR) is 117 cm³/mol. The number of amides is 1. The third-order valence-corrected chi connectivity index (χ3v) is 4.67. The lowest BCUT2D eigenvalue weighted by atomic mass is 10.1. The molecule has 144 valence electrons. The molecule has 0 aliphatic rings. The van der Waals surface area contributed by atoms with Crippen molar-refractivity contribution in [1.29, 1.82) is 0 Å². The lowest BCUT2D eigenvalue weighted by Gasteiger charge is -2.10. The van der Waals surface area contributed by atoms with Crippen LogP contribution >= 0.6 is 0 Å². The Labute approximate surface area is 169 Å². The Bertz CT molecular complexity index is 1100. The number of pyridine rings is 1. The average Bonchev–Trinajstić information content (AvgIpc) is 3.26. The molecule has 3 N–H and O–H groups in total. The molecule has 0 bridgehead atoms. The second kappa shape index (κ2) is 8.44. The molecule has 4 aromatic rings. The number of aromatic nitrogens is 2. The van der Waals surface area contributed by atoms with E-state index in [1.54, 1.807) is 6.20 Å². The van der Waals surface area contributed by atoms with E-state index in [0.717, 1.165) is 39.4 Å². The monoisotopic (exact) mass is 382 g/mol. The third-order valence-electron chi connectivity index (χ3n) is 4.67. The number of anilines is 3. The van der Waals surface area contributed by atoms with Gasteiger partial charge in [-0.15, -0.1) is 0 Å². The zero-order valence-corrected chi connectivity index (χ0v) is 16.1. The van der Waals surface area contributed by atoms with Crippen molar-refractivity contribution in [1.82, 2.24) is 9.97 Å². The van der Waals surface area contributed by atoms with Crippen LogP contribution in [0.5, 0.6) is 0 Å². The Morgan fingerprint density at radius 1 is 1.00 bits per heavy atom. The highest BCUT2D eigenvalue weighted by atomic mass is 16.1. The molecule has 0 spiro atoms. The van der Waals surface area contributed by atoms with Gasteiger partial charge in [-0.3, -0.25) is 9.78 Å². The minimum Gasteiger partial charge on any atom is -0.361 e. The first kappa shape index (κ1) is 18.5. The topological polar surface area (TPSA) is 69.8 Å². The quantitative estimate of drug-likeness (QED) is 0.423. The summed E-state index contributed by atoms with van der Waals surface area (Å²) >= 11 is 0. The summed E-state index contributed by atoms with van der Waals surface area (Å²) in [5.41, 5.74) is 6.88. The largest absolute Gasteiger partial charge is 0.361 e. The van der Waals surface area contributed by atoms with Gasteiger partial charge < -0.3 is 15.6 Å². The normalized spacial score (nSPS) is 10.5. The summed E-state index contributed by atoms with van der Waals surface area (Å²) in [5, 5.41) is 6.35. The number of carbonyl (C=O) groups is 1. The molecule has 2 aromatic carbocycles. The molecule has 0 atom stereocenters. The van der Waals surface area contributed by atoms with Crippen LogP contribution in [-0.2, 0) is 11.2 Å². The fourth-order valence-corrected chi connectivity index (χ4v) is 3.14. The highest BCUT2D eigenvalue weighted by Crippen LogP contribution is 2.22. The highest BCUT2D eigenvalue weighted by molar-refractivity contribution is 5.93. The van der Waals surface area contributed by atoms with Crippen molar-refractivity contribution in [2.45, 2.75) is 13.3 Å². The first-order valence-electron chi connectivity index (χ1n) is 9.48. The third kappa shape index (κ3) is 4.71. The van der Waals surface area contributed by atoms with E-state index in [1.807, 2.05) is 86.0 Å². The number of aryl methyl sites for hydroxylation is 1. The van der Waals surface area contributed by atoms with E-state index >= 15 is 0 Å². The number of aromatic amines is 1. The molecule has 0 aliphatic carbocycles. The van der Waals surface area contributed by atoms with Crippen LogP contribution in [0.1, 0.15) is 11.1 Å². The summed E-state index contributed by atoms with van der Waals surface area (Å²) in [6, 6.07) is 21.6. The number of rotatable bonds is 6. The van der Waals surface area contributed by atoms with Crippen LogP contribution in [0.3, 0.4) is 0 Å². The Morgan fingerprint density at radius 2 is 1.86 bits per heavy atom. The first-order chi connectivity index (χ1) is 14.2. The van der Waals surface area contributed by atoms with E-state index in [9.17, 15) is 4.79 Å². The van der Waals surface area contributed by atoms with Gasteiger partial charge in [-0.2, -0.15) is 0 Å². The molecule has 5 nitrogen and oxygen atoms in total. The molecule has 29 heavy (non-hydrogen) atoms. The maximum atomic E-state index is 12.5. The molecular weight excluding hydrogens is 360 g/mol. The number of nitrogens with one attached hydrogen (secondary N) is 3. The van der Waals surface area contributed by atoms with E-state index < -0.39 is 0 Å². The zero-order valence-electron chi connectivity index (χ0n) is 16.1. The minimum atomic E-state index is -0.0423. The van der Waals surface area contributed by atoms with Gasteiger partial charge in [-0.1, -0.05) is 24.3 Å². The summed E-state index contributed by atoms with van der Waals surface area (Å²) < 4.78 is 0. The molecule has 0 unspecified atom stereocenters. The van der Waals surface area contributed by atoms with Gasteiger partial charge in [0.2, 0.25) is 5.91 Å². The average molecular weight is 382 g/mol. The molecule has 0 radical (unpaired) electrons. The van der Waals surface area contributed by atoms with Gasteiger partial charge in [0.1, 0.15) is 0 Å². The van der Waals surface area contributed by atoms with Gasteiger partial charge in [0.15, 0.2) is 0 Å². The highest BCUT2D eigenvalue weighted by Gasteiger charge is 2.06. The number of hydrogen-bond donors (Lipinski definition) is 3. The maximum Gasteiger partial charge on any atom is 0.228 e. The molecule has 1 amide bonds. The number of benzene rings is 2. The van der Waals surface area contributed by atoms with Crippen LogP contribution < -0.4 is 10.6 Å². The van der Waals surface area contributed by atoms with E-state index in [4.69, 9.17) is 0 Å². The van der Waals surface area contributed by atoms with Crippen molar-refractivity contribution in [2.75, 3.05) is 10.6 Å². The molecular formula is C24H22N4O. The first-order valence-corrected chi connectivity index (χ1v) is 9.48. The molecule has 4 rings (SSSR count). The van der Waals surface area contributed by atoms with Crippen molar-refractivity contribution in [2.24, 2.45) is 0 Å². The van der Waals surface area contributed by atoms with Crippen LogP contribution in [0.25, 0.3) is 11.3 Å². The van der Waals surface area contributed by atoms with Crippen LogP contribution in [0.4, 0.5) is 17.1 Å². The van der Waals surface area contributed by atoms with E-state index in [-0.39, 0.29) is 5.91 Å². The van der Waals surface area contributed by atoms with Gasteiger partial charge in [0.05, 0.1) is 6.42 Å². The Kier molecular flexibility index (Phi) is 5.38. The van der Waals surface area contributed by atoms with E-state index in [1.165, 1.54) is 0 Å². The van der Waals surface area contributed by atoms with Crippen LogP contribution in [0.15, 0.2) is 85.3 Å². The maximum absolute atomic E-state index is 12.5. The van der Waals surface area contributed by atoms with Gasteiger partial charge in [0, 0.05) is 41.3 Å². The fourth-order valence-electron chi connectivity index (χ4n) is 3.14. The van der Waals surface area contributed by atoms with Crippen LogP contribution in [-0.4, -0.2) is 15.9 Å². The number of carbonyl (C=O) groups excluding carboxylic acids is 1. The van der Waals surface area contributed by atoms with Crippen molar-refractivity contribution in [3.63, 3.8) is 0 Å². The van der Waals surface area contributed by atoms with Gasteiger partial charge in [-0.25, -0.2) is 0 Å². The summed E-state index contributed by atoms with van der Waals surface area (Å²) in [6.45, 7) is 2.01. The molecule has 0 saturated heterocycles. The lowest BCUT2D eigenvalue weighted by Crippen LogP contribution is -2.14. The van der Waals surface area contributed by atoms with Crippen molar-refractivity contribution >= 4 is 23.0 Å². The molecule has 0 aliphatic heterocycles. The molecule has 0 saturated carbocycles. The van der Waals surface area contributed by atoms with Crippen molar-refractivity contribution in [3.05, 3.63) is 96.4 Å². The SMILES string of the molecule is Cc1cnccc1Nc1ccc(CC(=O)Nc2cccc(-c3ccc[nH]3)c2)cc1. The molecule has 0 fully saturated rings. The lowest BCUT2D eigenvalue weighted by molar-refractivity contribution is -0.115. The predicted octanol–water partition coefficient (Wildman–Crippen LogP) is 5.31. The number of hydrogen-bond acceptors (Lipinski definition) is 3. The number of H-pyrrole nitrogens is 1. The molecule has 2 aromatic heterocycles. The summed E-state index contributed by atoms with van der Waals surface area (Å²) in [5.74, 6) is -0.0423. The van der Waals surface area contributed by atoms with Crippen LogP contribution in [0, 0.1) is 6.92 Å². The zero-order chi connectivity index (χ0) is 20.1. The Morgan fingerprint density at radius 3 is 2.62 bits per heavy atom. The molecule has 5 heteroatoms. The van der Waals surface area contributed by atoms with Gasteiger partial charge in [0.25, 0.3) is 0 Å². The van der Waals surface area contributed by atoms with Gasteiger partial charge in [-0.05, 0) is 66.1 Å². The standard InChI is InChI=1S/C24H22N4O/c1-17-16-25-13-11-22(17)27-20-9-7-18(8-10-20)14-24(29)28-21-5-2-4-19(15-21)23-6-3-12-26-23/h2-13,15-16,26H,14H2,1H3,(H,25,27)(H,28,29). The fraction of sp³-hybridized carbons (Fsp3) is 0.0833. The number of nitrogens with zero attached hydrogens (tertiary/aromatic N) is 1. The summed E-state index contributed by atoms with van der Waals surface area (Å²) in [7, 11) is 0. The van der Waals surface area contributed by atoms with Crippen molar-refractivity contribution in [3.8, 4) is 11.3 Å². The second-order valence-electron chi connectivity index (χ2n) is 6.90.